The number of hydrogen-bond acceptors (Lipinski definition) is 5. The summed E-state index contributed by atoms with van der Waals surface area (Å²) in [5.41, 5.74) is 1.35. The van der Waals surface area contributed by atoms with Gasteiger partial charge in [0.25, 0.3) is 5.91 Å². The topological polar surface area (TPSA) is 88.4 Å². The quantitative estimate of drug-likeness (QED) is 0.490. The van der Waals surface area contributed by atoms with Gasteiger partial charge in [0.2, 0.25) is 0 Å². The minimum Gasteiger partial charge on any atom is -0.497 e. The third kappa shape index (κ3) is 4.95. The van der Waals surface area contributed by atoms with E-state index in [2.05, 4.69) is 5.32 Å². The number of anilines is 1. The Morgan fingerprint density at radius 3 is 2.54 bits per heavy atom. The van der Waals surface area contributed by atoms with Crippen molar-refractivity contribution in [2.24, 2.45) is 0 Å². The Labute approximate surface area is 151 Å². The van der Waals surface area contributed by atoms with Crippen LogP contribution in [0.15, 0.2) is 54.1 Å². The summed E-state index contributed by atoms with van der Waals surface area (Å²) in [5.74, 6) is -0.358. The maximum absolute atomic E-state index is 12.3. The van der Waals surface area contributed by atoms with Gasteiger partial charge < -0.3 is 14.8 Å². The van der Waals surface area contributed by atoms with Gasteiger partial charge in [-0.2, -0.15) is 5.26 Å². The number of carbonyl (C=O) groups is 2. The molecule has 2 aromatic rings. The number of methoxy groups -OCH3 is 1. The second-order valence-corrected chi connectivity index (χ2v) is 5.20. The van der Waals surface area contributed by atoms with Gasteiger partial charge in [0.15, 0.2) is 0 Å². The molecule has 0 saturated carbocycles. The molecule has 1 N–H and O–H groups in total. The average molecular weight is 350 g/mol. The van der Waals surface area contributed by atoms with Crippen molar-refractivity contribution in [3.63, 3.8) is 0 Å². The van der Waals surface area contributed by atoms with Gasteiger partial charge in [0.1, 0.15) is 17.4 Å². The normalized spacial score (nSPS) is 10.6. The first-order valence-corrected chi connectivity index (χ1v) is 7.91. The molecule has 2 rings (SSSR count). The summed E-state index contributed by atoms with van der Waals surface area (Å²) in [6.07, 6.45) is 1.48. The van der Waals surface area contributed by atoms with E-state index < -0.39 is 11.9 Å². The maximum Gasteiger partial charge on any atom is 0.338 e. The number of ether oxygens (including phenoxy) is 2. The van der Waals surface area contributed by atoms with E-state index in [1.165, 1.54) is 12.1 Å². The Morgan fingerprint density at radius 2 is 1.92 bits per heavy atom. The molecule has 26 heavy (non-hydrogen) atoms. The molecule has 1 amide bonds. The number of nitriles is 1. The fourth-order valence-corrected chi connectivity index (χ4v) is 2.15. The van der Waals surface area contributed by atoms with Gasteiger partial charge in [-0.3, -0.25) is 4.79 Å². The average Bonchev–Trinajstić information content (AvgIpc) is 2.67. The van der Waals surface area contributed by atoms with Gasteiger partial charge in [0, 0.05) is 5.69 Å². The summed E-state index contributed by atoms with van der Waals surface area (Å²) in [4.78, 5) is 24.1. The first-order chi connectivity index (χ1) is 12.6. The van der Waals surface area contributed by atoms with Crippen LogP contribution in [0.2, 0.25) is 0 Å². The third-order valence-corrected chi connectivity index (χ3v) is 3.42. The highest BCUT2D eigenvalue weighted by Gasteiger charge is 2.12. The van der Waals surface area contributed by atoms with Crippen LogP contribution < -0.4 is 10.1 Å². The number of esters is 1. The van der Waals surface area contributed by atoms with Gasteiger partial charge in [-0.1, -0.05) is 18.2 Å². The number of nitrogens with zero attached hydrogens (tertiary/aromatic N) is 1. The molecular weight excluding hydrogens is 332 g/mol. The van der Waals surface area contributed by atoms with E-state index in [1.807, 2.05) is 6.07 Å². The van der Waals surface area contributed by atoms with Crippen molar-refractivity contribution in [1.82, 2.24) is 0 Å². The zero-order valence-corrected chi connectivity index (χ0v) is 14.5. The van der Waals surface area contributed by atoms with Gasteiger partial charge in [-0.25, -0.2) is 4.79 Å². The smallest absolute Gasteiger partial charge is 0.338 e. The number of amides is 1. The second kappa shape index (κ2) is 9.04. The van der Waals surface area contributed by atoms with Crippen LogP contribution in [-0.2, 0) is 9.53 Å². The van der Waals surface area contributed by atoms with Gasteiger partial charge in [-0.15, -0.1) is 0 Å². The number of carbonyl (C=O) groups excluding carboxylic acids is 2. The monoisotopic (exact) mass is 350 g/mol. The van der Waals surface area contributed by atoms with Crippen molar-refractivity contribution in [3.8, 4) is 11.8 Å². The van der Waals surface area contributed by atoms with Crippen molar-refractivity contribution in [2.45, 2.75) is 6.92 Å². The maximum atomic E-state index is 12.3. The molecule has 0 bridgehead atoms. The molecule has 0 aromatic heterocycles. The van der Waals surface area contributed by atoms with Gasteiger partial charge >= 0.3 is 5.97 Å². The SMILES string of the molecule is CCOC(=O)c1cccc(NC(=O)/C(C#N)=C/c2ccc(OC)cc2)c1. The molecular formula is C20H18N2O4. The van der Waals surface area contributed by atoms with E-state index in [1.54, 1.807) is 56.5 Å². The Kier molecular flexibility index (Phi) is 6.52. The second-order valence-electron chi connectivity index (χ2n) is 5.20. The van der Waals surface area contributed by atoms with E-state index >= 15 is 0 Å². The summed E-state index contributed by atoms with van der Waals surface area (Å²) in [5, 5.41) is 11.9. The molecule has 0 saturated heterocycles. The van der Waals surface area contributed by atoms with Gasteiger partial charge in [-0.05, 0) is 48.9 Å². The van der Waals surface area contributed by atoms with E-state index in [-0.39, 0.29) is 12.2 Å². The molecule has 0 spiro atoms. The van der Waals surface area contributed by atoms with Crippen molar-refractivity contribution in [2.75, 3.05) is 19.0 Å². The highest BCUT2D eigenvalue weighted by atomic mass is 16.5. The highest BCUT2D eigenvalue weighted by Crippen LogP contribution is 2.16. The summed E-state index contributed by atoms with van der Waals surface area (Å²) in [6.45, 7) is 1.98. The van der Waals surface area contributed by atoms with Crippen LogP contribution in [0.3, 0.4) is 0 Å². The molecule has 6 heteroatoms. The predicted molar refractivity (Wildman–Crippen MR) is 97.6 cm³/mol. The standard InChI is InChI=1S/C20H18N2O4/c1-3-26-20(24)15-5-4-6-17(12-15)22-19(23)16(13-21)11-14-7-9-18(25-2)10-8-14/h4-12H,3H2,1-2H3,(H,22,23)/b16-11+. The third-order valence-electron chi connectivity index (χ3n) is 3.42. The Morgan fingerprint density at radius 1 is 1.19 bits per heavy atom. The summed E-state index contributed by atoms with van der Waals surface area (Å²) in [7, 11) is 1.56. The molecule has 0 atom stereocenters. The zero-order valence-electron chi connectivity index (χ0n) is 14.5. The molecule has 2 aromatic carbocycles. The molecule has 0 aliphatic rings. The van der Waals surface area contributed by atoms with Crippen molar-refractivity contribution < 1.29 is 19.1 Å². The summed E-state index contributed by atoms with van der Waals surface area (Å²) < 4.78 is 10.0. The van der Waals surface area contributed by atoms with Gasteiger partial charge in [0.05, 0.1) is 19.3 Å². The highest BCUT2D eigenvalue weighted by molar-refractivity contribution is 6.10. The first kappa shape index (κ1) is 18.7. The van der Waals surface area contributed by atoms with Crippen LogP contribution in [-0.4, -0.2) is 25.6 Å². The zero-order chi connectivity index (χ0) is 18.9. The number of rotatable bonds is 6. The lowest BCUT2D eigenvalue weighted by molar-refractivity contribution is -0.112. The summed E-state index contributed by atoms with van der Waals surface area (Å²) in [6, 6.07) is 15.2. The van der Waals surface area contributed by atoms with Crippen LogP contribution in [0.1, 0.15) is 22.8 Å². The van der Waals surface area contributed by atoms with Crippen molar-refractivity contribution in [3.05, 3.63) is 65.2 Å². The van der Waals surface area contributed by atoms with Crippen molar-refractivity contribution >= 4 is 23.6 Å². The van der Waals surface area contributed by atoms with Crippen LogP contribution >= 0.6 is 0 Å². The lowest BCUT2D eigenvalue weighted by Crippen LogP contribution is -2.14. The first-order valence-electron chi connectivity index (χ1n) is 7.91. The lowest BCUT2D eigenvalue weighted by atomic mass is 10.1. The predicted octanol–water partition coefficient (Wildman–Crippen LogP) is 3.42. The van der Waals surface area contributed by atoms with E-state index in [4.69, 9.17) is 9.47 Å². The molecule has 0 aliphatic heterocycles. The largest absolute Gasteiger partial charge is 0.497 e. The van der Waals surface area contributed by atoms with E-state index in [0.717, 1.165) is 0 Å². The molecule has 0 fully saturated rings. The Balaban J connectivity index is 2.16. The van der Waals surface area contributed by atoms with Crippen LogP contribution in [0.25, 0.3) is 6.08 Å². The fraction of sp³-hybridized carbons (Fsp3) is 0.150. The molecule has 0 aliphatic carbocycles. The molecule has 132 valence electrons. The van der Waals surface area contributed by atoms with Crippen LogP contribution in [0.4, 0.5) is 5.69 Å². The molecule has 0 unspecified atom stereocenters. The fourth-order valence-electron chi connectivity index (χ4n) is 2.15. The lowest BCUT2D eigenvalue weighted by Gasteiger charge is -2.07. The minimum atomic E-state index is -0.565. The van der Waals surface area contributed by atoms with Crippen molar-refractivity contribution in [1.29, 1.82) is 5.26 Å². The molecule has 6 nitrogen and oxygen atoms in total. The van der Waals surface area contributed by atoms with Crippen LogP contribution in [0.5, 0.6) is 5.75 Å². The van der Waals surface area contributed by atoms with E-state index in [0.29, 0.717) is 22.6 Å². The Bertz CT molecular complexity index is 864. The minimum absolute atomic E-state index is 0.0586. The molecule has 0 heterocycles. The molecule has 0 radical (unpaired) electrons. The van der Waals surface area contributed by atoms with Crippen LogP contribution in [0, 0.1) is 11.3 Å². The summed E-state index contributed by atoms with van der Waals surface area (Å²) >= 11 is 0. The Hall–Kier alpha value is -3.59. The number of nitrogens with one attached hydrogen (secondary N) is 1. The number of benzene rings is 2. The number of hydrogen-bond donors (Lipinski definition) is 1. The van der Waals surface area contributed by atoms with E-state index in [9.17, 15) is 14.9 Å².